The number of halogens is 2. The number of carbonyl (C=O) groups excluding carboxylic acids is 1. The normalized spacial score (nSPS) is 11.6. The lowest BCUT2D eigenvalue weighted by molar-refractivity contribution is -0.0258. The number of nitrogens with zero attached hydrogens (tertiary/aromatic N) is 1. The van der Waals surface area contributed by atoms with Gasteiger partial charge in [0.1, 0.15) is 4.90 Å². The first kappa shape index (κ1) is 19.7. The summed E-state index contributed by atoms with van der Waals surface area (Å²) in [6, 6.07) is 11.0. The van der Waals surface area contributed by atoms with E-state index in [0.717, 1.165) is 5.56 Å². The van der Waals surface area contributed by atoms with Gasteiger partial charge in [0.05, 0.1) is 12.1 Å². The molecule has 0 saturated heterocycles. The van der Waals surface area contributed by atoms with E-state index in [9.17, 15) is 13.2 Å². The van der Waals surface area contributed by atoms with Crippen LogP contribution in [0.3, 0.4) is 0 Å². The van der Waals surface area contributed by atoms with Crippen molar-refractivity contribution in [2.24, 2.45) is 0 Å². The smallest absolute Gasteiger partial charge is 0.266 e. The zero-order chi connectivity index (χ0) is 18.6. The second-order valence-electron chi connectivity index (χ2n) is 5.05. The van der Waals surface area contributed by atoms with Crippen molar-refractivity contribution in [3.63, 3.8) is 0 Å². The first-order valence-electron chi connectivity index (χ1n) is 7.11. The molecule has 0 aliphatic heterocycles. The van der Waals surface area contributed by atoms with Gasteiger partial charge in [0.15, 0.2) is 0 Å². The van der Waals surface area contributed by atoms with Crippen LogP contribution in [0.15, 0.2) is 47.4 Å². The van der Waals surface area contributed by atoms with E-state index in [1.54, 1.807) is 24.3 Å². The largest absolute Gasteiger partial charge is 0.348 e. The third-order valence-electron chi connectivity index (χ3n) is 3.43. The van der Waals surface area contributed by atoms with Crippen LogP contribution < -0.4 is 5.32 Å². The number of amides is 1. The van der Waals surface area contributed by atoms with Gasteiger partial charge in [-0.1, -0.05) is 39.8 Å². The number of benzene rings is 2. The maximum absolute atomic E-state index is 12.3. The molecule has 0 aliphatic carbocycles. The lowest BCUT2D eigenvalue weighted by atomic mass is 10.2. The third-order valence-corrected chi connectivity index (χ3v) is 5.85. The minimum Gasteiger partial charge on any atom is -0.348 e. The number of hydroxylamine groups is 1. The Balaban J connectivity index is 2.21. The molecule has 1 N–H and O–H groups in total. The molecule has 0 fully saturated rings. The molecule has 0 aromatic heterocycles. The van der Waals surface area contributed by atoms with E-state index in [2.05, 4.69) is 5.32 Å². The molecule has 0 aliphatic rings. The fourth-order valence-electron chi connectivity index (χ4n) is 1.97. The molecule has 0 saturated carbocycles. The lowest BCUT2D eigenvalue weighted by Crippen LogP contribution is -2.27. The van der Waals surface area contributed by atoms with Gasteiger partial charge in [-0.2, -0.15) is 0 Å². The van der Waals surface area contributed by atoms with Crippen LogP contribution in [-0.2, 0) is 21.4 Å². The van der Waals surface area contributed by atoms with E-state index in [4.69, 9.17) is 28.0 Å². The SMILES string of the molecule is CON(C)S(=O)(=O)c1cc(C(=O)NCc2ccc(Cl)cc2)ccc1Cl. The molecular formula is C16H16Cl2N2O4S. The Morgan fingerprint density at radius 1 is 1.16 bits per heavy atom. The summed E-state index contributed by atoms with van der Waals surface area (Å²) in [7, 11) is -1.51. The van der Waals surface area contributed by atoms with E-state index < -0.39 is 15.9 Å². The number of sulfonamides is 1. The van der Waals surface area contributed by atoms with Gasteiger partial charge in [0.25, 0.3) is 15.9 Å². The number of hydrogen-bond donors (Lipinski definition) is 1. The molecule has 0 bridgehead atoms. The molecule has 0 unspecified atom stereocenters. The number of nitrogens with one attached hydrogen (secondary N) is 1. The third kappa shape index (κ3) is 4.71. The highest BCUT2D eigenvalue weighted by atomic mass is 35.5. The van der Waals surface area contributed by atoms with Crippen molar-refractivity contribution in [3.05, 3.63) is 63.6 Å². The number of rotatable bonds is 6. The summed E-state index contributed by atoms with van der Waals surface area (Å²) in [6.07, 6.45) is 0. The fourth-order valence-corrected chi connectivity index (χ4v) is 3.57. The quantitative estimate of drug-likeness (QED) is 0.753. The summed E-state index contributed by atoms with van der Waals surface area (Å²) in [5.74, 6) is -0.428. The average molecular weight is 403 g/mol. The molecule has 1 amide bonds. The molecule has 6 nitrogen and oxygen atoms in total. The van der Waals surface area contributed by atoms with Crippen LogP contribution in [0.5, 0.6) is 0 Å². The molecule has 2 rings (SSSR count). The summed E-state index contributed by atoms with van der Waals surface area (Å²) in [5.41, 5.74) is 1.03. The van der Waals surface area contributed by atoms with Crippen molar-refractivity contribution in [2.45, 2.75) is 11.4 Å². The van der Waals surface area contributed by atoms with Crippen LogP contribution >= 0.6 is 23.2 Å². The maximum Gasteiger partial charge on any atom is 0.266 e. The van der Waals surface area contributed by atoms with E-state index in [0.29, 0.717) is 9.49 Å². The van der Waals surface area contributed by atoms with Crippen molar-refractivity contribution in [3.8, 4) is 0 Å². The van der Waals surface area contributed by atoms with Crippen molar-refractivity contribution in [2.75, 3.05) is 14.2 Å². The molecular weight excluding hydrogens is 387 g/mol. The van der Waals surface area contributed by atoms with Gasteiger partial charge >= 0.3 is 0 Å². The van der Waals surface area contributed by atoms with E-state index in [-0.39, 0.29) is 22.0 Å². The second kappa shape index (κ2) is 8.16. The van der Waals surface area contributed by atoms with Crippen LogP contribution in [-0.4, -0.2) is 33.0 Å². The highest BCUT2D eigenvalue weighted by Crippen LogP contribution is 2.25. The lowest BCUT2D eigenvalue weighted by Gasteiger charge is -2.16. The summed E-state index contributed by atoms with van der Waals surface area (Å²) >= 11 is 11.8. The van der Waals surface area contributed by atoms with Crippen LogP contribution in [0.4, 0.5) is 0 Å². The maximum atomic E-state index is 12.3. The molecule has 25 heavy (non-hydrogen) atoms. The van der Waals surface area contributed by atoms with Gasteiger partial charge in [-0.15, -0.1) is 0 Å². The van der Waals surface area contributed by atoms with Gasteiger partial charge in [-0.25, -0.2) is 8.42 Å². The highest BCUT2D eigenvalue weighted by molar-refractivity contribution is 7.89. The monoisotopic (exact) mass is 402 g/mol. The van der Waals surface area contributed by atoms with Crippen LogP contribution in [0.1, 0.15) is 15.9 Å². The van der Waals surface area contributed by atoms with Crippen molar-refractivity contribution < 1.29 is 18.0 Å². The summed E-state index contributed by atoms with van der Waals surface area (Å²) < 4.78 is 25.4. The topological polar surface area (TPSA) is 75.7 Å². The van der Waals surface area contributed by atoms with Crippen molar-refractivity contribution in [1.29, 1.82) is 0 Å². The van der Waals surface area contributed by atoms with Crippen LogP contribution in [0, 0.1) is 0 Å². The predicted molar refractivity (Wildman–Crippen MR) is 96.0 cm³/mol. The number of carbonyl (C=O) groups is 1. The predicted octanol–water partition coefficient (Wildman–Crippen LogP) is 3.11. The second-order valence-corrected chi connectivity index (χ2v) is 7.80. The molecule has 134 valence electrons. The first-order valence-corrected chi connectivity index (χ1v) is 9.30. The number of hydrogen-bond acceptors (Lipinski definition) is 4. The molecule has 0 radical (unpaired) electrons. The summed E-state index contributed by atoms with van der Waals surface area (Å²) in [4.78, 5) is 16.8. The molecule has 9 heteroatoms. The minimum absolute atomic E-state index is 0.00171. The highest BCUT2D eigenvalue weighted by Gasteiger charge is 2.25. The van der Waals surface area contributed by atoms with Crippen molar-refractivity contribution in [1.82, 2.24) is 9.79 Å². The van der Waals surface area contributed by atoms with Crippen molar-refractivity contribution >= 4 is 39.1 Å². The molecule has 2 aromatic rings. The van der Waals surface area contributed by atoms with Crippen LogP contribution in [0.2, 0.25) is 10.0 Å². The van der Waals surface area contributed by atoms with E-state index >= 15 is 0 Å². The summed E-state index contributed by atoms with van der Waals surface area (Å²) in [6.45, 7) is 0.276. The molecule has 2 aromatic carbocycles. The Morgan fingerprint density at radius 3 is 2.40 bits per heavy atom. The Morgan fingerprint density at radius 2 is 1.80 bits per heavy atom. The Bertz CT molecular complexity index is 870. The molecule has 0 heterocycles. The van der Waals surface area contributed by atoms with Crippen LogP contribution in [0.25, 0.3) is 0 Å². The van der Waals surface area contributed by atoms with Gasteiger partial charge in [0, 0.05) is 24.2 Å². The van der Waals surface area contributed by atoms with Gasteiger partial charge < -0.3 is 5.32 Å². The molecule has 0 atom stereocenters. The fraction of sp³-hybridized carbons (Fsp3) is 0.188. The van der Waals surface area contributed by atoms with Gasteiger partial charge in [-0.3, -0.25) is 9.63 Å². The minimum atomic E-state index is -3.96. The summed E-state index contributed by atoms with van der Waals surface area (Å²) in [5, 5.41) is 3.31. The van der Waals surface area contributed by atoms with E-state index in [1.165, 1.54) is 32.4 Å². The Kier molecular flexibility index (Phi) is 6.42. The first-order chi connectivity index (χ1) is 11.8. The Labute approximate surface area is 156 Å². The van der Waals surface area contributed by atoms with Gasteiger partial charge in [-0.05, 0) is 35.9 Å². The standard InChI is InChI=1S/C16H16Cl2N2O4S/c1-20(24-2)25(22,23)15-9-12(5-8-14(15)18)16(21)19-10-11-3-6-13(17)7-4-11/h3-9H,10H2,1-2H3,(H,19,21). The van der Waals surface area contributed by atoms with Gasteiger partial charge in [0.2, 0.25) is 0 Å². The Hall–Kier alpha value is -1.64. The average Bonchev–Trinajstić information content (AvgIpc) is 2.60. The van der Waals surface area contributed by atoms with E-state index in [1.807, 2.05) is 0 Å². The zero-order valence-corrected chi connectivity index (χ0v) is 15.8. The zero-order valence-electron chi connectivity index (χ0n) is 13.5. The molecule has 0 spiro atoms.